The van der Waals surface area contributed by atoms with E-state index in [1.54, 1.807) is 6.07 Å². The lowest BCUT2D eigenvalue weighted by atomic mass is 10.2. The Morgan fingerprint density at radius 2 is 2.10 bits per heavy atom. The van der Waals surface area contributed by atoms with Gasteiger partial charge in [0.25, 0.3) is 5.91 Å². The van der Waals surface area contributed by atoms with Crippen molar-refractivity contribution < 1.29 is 18.0 Å². The van der Waals surface area contributed by atoms with Crippen molar-refractivity contribution in [2.75, 3.05) is 24.1 Å². The number of hydrogen-bond acceptors (Lipinski definition) is 5. The zero-order chi connectivity index (χ0) is 16.0. The van der Waals surface area contributed by atoms with Crippen LogP contribution in [0.3, 0.4) is 0 Å². The summed E-state index contributed by atoms with van der Waals surface area (Å²) in [4.78, 5) is 12.0. The standard InChI is InChI=1S/C12H15F3N4OS/c1-2-4-18-10(20)9-8(17)7(6-16)11(21-9)19-5-3-12(13,14)15/h19H,2-5,17H2,1H3,(H,18,20). The molecule has 0 aromatic carbocycles. The molecule has 0 radical (unpaired) electrons. The molecule has 0 bridgehead atoms. The quantitative estimate of drug-likeness (QED) is 0.751. The van der Waals surface area contributed by atoms with E-state index in [0.717, 1.165) is 17.8 Å². The van der Waals surface area contributed by atoms with Gasteiger partial charge in [0.2, 0.25) is 0 Å². The van der Waals surface area contributed by atoms with E-state index < -0.39 is 18.5 Å². The molecule has 0 saturated carbocycles. The van der Waals surface area contributed by atoms with Gasteiger partial charge < -0.3 is 16.4 Å². The molecule has 4 N–H and O–H groups in total. The number of carbonyl (C=O) groups is 1. The number of halogens is 3. The fourth-order valence-corrected chi connectivity index (χ4v) is 2.50. The van der Waals surface area contributed by atoms with Gasteiger partial charge in [0.15, 0.2) is 0 Å². The zero-order valence-corrected chi connectivity index (χ0v) is 12.1. The summed E-state index contributed by atoms with van der Waals surface area (Å²) in [6.45, 7) is 1.95. The molecule has 0 fully saturated rings. The van der Waals surface area contributed by atoms with Crippen molar-refractivity contribution in [3.8, 4) is 6.07 Å². The van der Waals surface area contributed by atoms with Crippen LogP contribution in [-0.4, -0.2) is 25.2 Å². The summed E-state index contributed by atoms with van der Waals surface area (Å²) in [5, 5.41) is 14.3. The van der Waals surface area contributed by atoms with Crippen molar-refractivity contribution >= 4 is 27.9 Å². The monoisotopic (exact) mass is 320 g/mol. The summed E-state index contributed by atoms with van der Waals surface area (Å²) in [5.74, 6) is -0.431. The highest BCUT2D eigenvalue weighted by Crippen LogP contribution is 2.35. The SMILES string of the molecule is CCCNC(=O)c1sc(NCCC(F)(F)F)c(C#N)c1N. The molecule has 0 aliphatic carbocycles. The van der Waals surface area contributed by atoms with Crippen LogP contribution < -0.4 is 16.4 Å². The van der Waals surface area contributed by atoms with Crippen LogP contribution in [0.15, 0.2) is 0 Å². The van der Waals surface area contributed by atoms with Crippen molar-refractivity contribution in [3.05, 3.63) is 10.4 Å². The summed E-state index contributed by atoms with van der Waals surface area (Å²) in [5.41, 5.74) is 5.70. The van der Waals surface area contributed by atoms with E-state index in [2.05, 4.69) is 10.6 Å². The van der Waals surface area contributed by atoms with Crippen LogP contribution in [0.25, 0.3) is 0 Å². The number of amides is 1. The maximum Gasteiger partial charge on any atom is 0.390 e. The number of anilines is 2. The molecule has 116 valence electrons. The molecule has 0 atom stereocenters. The van der Waals surface area contributed by atoms with Gasteiger partial charge >= 0.3 is 6.18 Å². The molecule has 0 aliphatic heterocycles. The van der Waals surface area contributed by atoms with Gasteiger partial charge in [-0.2, -0.15) is 18.4 Å². The molecule has 0 unspecified atom stereocenters. The van der Waals surface area contributed by atoms with E-state index >= 15 is 0 Å². The number of thiophene rings is 1. The lowest BCUT2D eigenvalue weighted by Crippen LogP contribution is -2.23. The van der Waals surface area contributed by atoms with Gasteiger partial charge in [0.1, 0.15) is 21.5 Å². The van der Waals surface area contributed by atoms with Crippen LogP contribution >= 0.6 is 11.3 Å². The second-order valence-corrected chi connectivity index (χ2v) is 5.23. The minimum atomic E-state index is -4.29. The number of nitrogens with zero attached hydrogens (tertiary/aromatic N) is 1. The number of carbonyl (C=O) groups excluding carboxylic acids is 1. The van der Waals surface area contributed by atoms with Crippen molar-refractivity contribution in [2.45, 2.75) is 25.9 Å². The lowest BCUT2D eigenvalue weighted by Gasteiger charge is -2.07. The topological polar surface area (TPSA) is 90.9 Å². The number of nitrogens with two attached hydrogens (primary N) is 1. The van der Waals surface area contributed by atoms with Gasteiger partial charge in [-0.1, -0.05) is 6.92 Å². The highest BCUT2D eigenvalue weighted by atomic mass is 32.1. The molecule has 0 aliphatic rings. The second kappa shape index (κ2) is 7.17. The fourth-order valence-electron chi connectivity index (χ4n) is 1.48. The van der Waals surface area contributed by atoms with Crippen LogP contribution in [-0.2, 0) is 0 Å². The molecule has 0 saturated heterocycles. The number of nitrogen functional groups attached to an aromatic ring is 1. The molecule has 9 heteroatoms. The third-order valence-corrected chi connectivity index (χ3v) is 3.65. The Hall–Kier alpha value is -1.95. The number of hydrogen-bond donors (Lipinski definition) is 3. The molecule has 1 rings (SSSR count). The highest BCUT2D eigenvalue weighted by molar-refractivity contribution is 7.18. The molecule has 1 aromatic heterocycles. The zero-order valence-electron chi connectivity index (χ0n) is 11.3. The molecule has 5 nitrogen and oxygen atoms in total. The van der Waals surface area contributed by atoms with Crippen LogP contribution in [0, 0.1) is 11.3 Å². The maximum absolute atomic E-state index is 12.1. The third kappa shape index (κ3) is 4.82. The van der Waals surface area contributed by atoms with E-state index in [1.165, 1.54) is 0 Å². The first-order chi connectivity index (χ1) is 9.80. The summed E-state index contributed by atoms with van der Waals surface area (Å²) in [6, 6.07) is 1.80. The first-order valence-electron chi connectivity index (χ1n) is 6.21. The van der Waals surface area contributed by atoms with E-state index in [1.807, 2.05) is 6.92 Å². The Morgan fingerprint density at radius 3 is 2.62 bits per heavy atom. The van der Waals surface area contributed by atoms with Crippen LogP contribution in [0.2, 0.25) is 0 Å². The number of alkyl halides is 3. The Morgan fingerprint density at radius 1 is 1.43 bits per heavy atom. The Kier molecular flexibility index (Phi) is 5.84. The first-order valence-corrected chi connectivity index (χ1v) is 7.03. The number of nitrogens with one attached hydrogen (secondary N) is 2. The van der Waals surface area contributed by atoms with Crippen LogP contribution in [0.5, 0.6) is 0 Å². The highest BCUT2D eigenvalue weighted by Gasteiger charge is 2.27. The average molecular weight is 320 g/mol. The third-order valence-electron chi connectivity index (χ3n) is 2.49. The van der Waals surface area contributed by atoms with E-state index in [-0.39, 0.29) is 27.7 Å². The fraction of sp³-hybridized carbons (Fsp3) is 0.500. The molecule has 21 heavy (non-hydrogen) atoms. The Bertz CT molecular complexity index is 548. The summed E-state index contributed by atoms with van der Waals surface area (Å²) < 4.78 is 36.3. The van der Waals surface area contributed by atoms with E-state index in [0.29, 0.717) is 6.54 Å². The van der Waals surface area contributed by atoms with Crippen molar-refractivity contribution in [3.63, 3.8) is 0 Å². The van der Waals surface area contributed by atoms with Gasteiger partial charge in [0, 0.05) is 13.1 Å². The predicted molar refractivity (Wildman–Crippen MR) is 75.2 cm³/mol. The molecule has 1 amide bonds. The van der Waals surface area contributed by atoms with Gasteiger partial charge in [-0.3, -0.25) is 4.79 Å². The Labute approximate surface area is 123 Å². The average Bonchev–Trinajstić information content (AvgIpc) is 2.71. The number of nitriles is 1. The first kappa shape index (κ1) is 17.1. The van der Waals surface area contributed by atoms with Gasteiger partial charge in [-0.25, -0.2) is 0 Å². The van der Waals surface area contributed by atoms with Gasteiger partial charge in [-0.15, -0.1) is 11.3 Å². The smallest absolute Gasteiger partial charge is 0.390 e. The van der Waals surface area contributed by atoms with Crippen molar-refractivity contribution in [1.82, 2.24) is 5.32 Å². The molecular weight excluding hydrogens is 305 g/mol. The summed E-state index contributed by atoms with van der Waals surface area (Å²) in [6.07, 6.45) is -4.59. The predicted octanol–water partition coefficient (Wildman–Crippen LogP) is 2.71. The normalized spacial score (nSPS) is 11.0. The lowest BCUT2D eigenvalue weighted by molar-refractivity contribution is -0.131. The van der Waals surface area contributed by atoms with E-state index in [9.17, 15) is 18.0 Å². The minimum Gasteiger partial charge on any atom is -0.396 e. The summed E-state index contributed by atoms with van der Waals surface area (Å²) >= 11 is 0.882. The minimum absolute atomic E-state index is 0.00354. The number of rotatable bonds is 6. The molecular formula is C12H15F3N4OS. The van der Waals surface area contributed by atoms with Crippen LogP contribution in [0.1, 0.15) is 35.0 Å². The van der Waals surface area contributed by atoms with Gasteiger partial charge in [0.05, 0.1) is 12.1 Å². The maximum atomic E-state index is 12.1. The molecule has 0 spiro atoms. The molecule has 1 heterocycles. The van der Waals surface area contributed by atoms with E-state index in [4.69, 9.17) is 11.0 Å². The summed E-state index contributed by atoms with van der Waals surface area (Å²) in [7, 11) is 0. The Balaban J connectivity index is 2.86. The van der Waals surface area contributed by atoms with Crippen LogP contribution in [0.4, 0.5) is 23.9 Å². The van der Waals surface area contributed by atoms with Crippen molar-refractivity contribution in [2.24, 2.45) is 0 Å². The van der Waals surface area contributed by atoms with Gasteiger partial charge in [-0.05, 0) is 6.42 Å². The molecule has 1 aromatic rings. The van der Waals surface area contributed by atoms with Crippen molar-refractivity contribution in [1.29, 1.82) is 5.26 Å². The largest absolute Gasteiger partial charge is 0.396 e. The second-order valence-electron chi connectivity index (χ2n) is 4.21.